The maximum absolute atomic E-state index is 13.3. The van der Waals surface area contributed by atoms with Gasteiger partial charge in [-0.2, -0.15) is 0 Å². The molecule has 4 aliphatic heterocycles. The van der Waals surface area contributed by atoms with Crippen molar-refractivity contribution in [1.82, 2.24) is 0 Å². The summed E-state index contributed by atoms with van der Waals surface area (Å²) in [5.41, 5.74) is 5.50. The number of benzene rings is 12. The highest BCUT2D eigenvalue weighted by Gasteiger charge is 2.44. The number of hydrogen-bond acceptors (Lipinski definition) is 24. The SMILES string of the molecule is Oc1c2cc([S+]3c4ccccc4Sc4ccccc43)cc1Cc1cc([S+]3c4ccccc4Sc4ccccc43)cc(c1O)Cc1cc([S+]3c4ccccc4Sc4ccccc43)cc(c1O)Cc1cc([S+]3c4ccccc4Sc4ccccc43)cc(c1O)C2.[O-][Cl+3]([O-])([O-])[O-].[O-][Cl+3]([O-])([O-])[O-].[O-][Cl+3]([O-])([O-])[O-].[O-][Cl+3]([O-])([O-])[O-]. The van der Waals surface area contributed by atoms with Crippen molar-refractivity contribution >= 4 is 90.6 Å². The average Bonchev–Trinajstić information content (AvgIpc) is 0.726. The van der Waals surface area contributed by atoms with Gasteiger partial charge in [0, 0.05) is 119 Å². The van der Waals surface area contributed by atoms with E-state index in [4.69, 9.17) is 74.5 Å². The Morgan fingerprint density at radius 3 is 0.435 bits per heavy atom. The topological polar surface area (TPSA) is 450 Å². The number of aromatic hydroxyl groups is 4. The third kappa shape index (κ3) is 18.8. The minimum absolute atomic E-state index is 0.143. The Labute approximate surface area is 654 Å². The summed E-state index contributed by atoms with van der Waals surface area (Å²) in [6, 6.07) is 87.0. The Morgan fingerprint density at radius 2 is 0.315 bits per heavy atom. The second-order valence-electron chi connectivity index (χ2n) is 23.8. The normalized spacial score (nSPS) is 14.4. The largest absolute Gasteiger partial charge is 0.507 e. The van der Waals surface area contributed by atoms with E-state index < -0.39 is 84.6 Å². The molecule has 0 fully saturated rings. The summed E-state index contributed by atoms with van der Waals surface area (Å²) in [6.45, 7) is 0. The van der Waals surface area contributed by atoms with Crippen molar-refractivity contribution < 1.29 is 136 Å². The molecule has 12 aromatic rings. The van der Waals surface area contributed by atoms with Crippen LogP contribution in [-0.2, 0) is 69.3 Å². The molecule has 1 aliphatic carbocycles. The molecule has 8 bridgehead atoms. The molecule has 0 atom stereocenters. The maximum Gasteiger partial charge on any atom is 0.180 e. The molecule has 552 valence electrons. The van der Waals surface area contributed by atoms with Gasteiger partial charge in [-0.15, -0.1) is 41.0 Å². The first-order chi connectivity index (χ1) is 51.2. The Morgan fingerprint density at radius 1 is 0.204 bits per heavy atom. The highest BCUT2D eigenvalue weighted by molar-refractivity contribution is 8.05. The van der Waals surface area contributed by atoms with E-state index in [0.717, 1.165) is 19.6 Å². The van der Waals surface area contributed by atoms with Crippen LogP contribution in [0, 0.1) is 41.0 Å². The van der Waals surface area contributed by atoms with Gasteiger partial charge in [-0.05, 0) is 97.1 Å². The van der Waals surface area contributed by atoms with Gasteiger partial charge < -0.3 is 20.4 Å². The molecule has 0 saturated heterocycles. The van der Waals surface area contributed by atoms with E-state index in [9.17, 15) is 20.4 Å². The van der Waals surface area contributed by atoms with Crippen molar-refractivity contribution in [3.63, 3.8) is 0 Å². The van der Waals surface area contributed by atoms with Gasteiger partial charge in [0.15, 0.2) is 58.7 Å². The van der Waals surface area contributed by atoms with Crippen LogP contribution in [0.2, 0.25) is 0 Å². The molecule has 0 unspecified atom stereocenters. The number of halogens is 4. The zero-order valence-electron chi connectivity index (χ0n) is 55.0. The molecule has 12 aromatic carbocycles. The highest BCUT2D eigenvalue weighted by atomic mass is 35.7. The molecule has 4 N–H and O–H groups in total. The van der Waals surface area contributed by atoms with E-state index in [1.165, 1.54) is 78.3 Å². The van der Waals surface area contributed by atoms with E-state index in [0.29, 0.717) is 44.5 Å². The lowest BCUT2D eigenvalue weighted by Gasteiger charge is -2.23. The van der Waals surface area contributed by atoms with Crippen LogP contribution in [0.1, 0.15) is 44.5 Å². The van der Waals surface area contributed by atoms with Crippen molar-refractivity contribution in [2.75, 3.05) is 0 Å². The van der Waals surface area contributed by atoms with Crippen LogP contribution in [0.5, 0.6) is 23.0 Å². The quantitative estimate of drug-likeness (QED) is 0.173. The van der Waals surface area contributed by atoms with Crippen molar-refractivity contribution in [3.8, 4) is 23.0 Å². The van der Waals surface area contributed by atoms with Gasteiger partial charge in [-0.25, -0.2) is 74.5 Å². The zero-order valence-corrected chi connectivity index (χ0v) is 64.6. The molecule has 0 radical (unpaired) electrons. The Hall–Kier alpha value is -6.84. The molecule has 0 amide bonds. The average molecular weight is 1680 g/mol. The smallest absolute Gasteiger partial charge is 0.180 e. The fraction of sp³-hybridized carbons (Fsp3) is 0.0526. The van der Waals surface area contributed by atoms with E-state index in [2.05, 4.69) is 243 Å². The van der Waals surface area contributed by atoms with Crippen LogP contribution in [-0.4, -0.2) is 20.4 Å². The molecular formula is C76H52Cl4O20S8. The molecule has 5 aliphatic rings. The molecule has 20 nitrogen and oxygen atoms in total. The number of fused-ring (bicyclic) bond motifs is 16. The van der Waals surface area contributed by atoms with E-state index >= 15 is 0 Å². The van der Waals surface area contributed by atoms with Crippen LogP contribution in [0.15, 0.2) is 341 Å². The van der Waals surface area contributed by atoms with Crippen LogP contribution in [0.4, 0.5) is 0 Å². The standard InChI is InChI=1S/C76H48O4S8.4ClHO4/c77-73-45-33-47-39-54(86-67-27-11-3-19-59(67)82-60-20-4-12-28-68(60)86)41-49(74(47)78)35-51-43-56(88-71-31-15-7-23-63(71)84-64-24-8-16-32-72(64)88)44-52(76(51)80)36-50-42-55(87-69-29-13-5-21-61(69)83-62-22-6-14-30-70(62)87)40-48(75(50)79)34-46(73)38-53(37-45)85-65-25-9-1-17-57(65)81-58-18-2-10-26-66(58)85;4*2-1(3,4)5/h1-32,37-44H,33-36H2;4*(H,2,3,4,5). The summed E-state index contributed by atoms with van der Waals surface area (Å²) in [7, 11) is -22.1. The van der Waals surface area contributed by atoms with Crippen LogP contribution in [0.25, 0.3) is 0 Å². The molecule has 0 aromatic heterocycles. The van der Waals surface area contributed by atoms with Gasteiger partial charge in [-0.3, -0.25) is 0 Å². The number of phenols is 4. The summed E-state index contributed by atoms with van der Waals surface area (Å²) in [6.07, 6.45) is 0.840. The summed E-state index contributed by atoms with van der Waals surface area (Å²) in [4.78, 5) is 23.6. The summed E-state index contributed by atoms with van der Waals surface area (Å²) < 4.78 is 136. The molecule has 32 heteroatoms. The Balaban J connectivity index is 0.000000459. The molecular weight excluding hydrogens is 1630 g/mol. The fourth-order valence-electron chi connectivity index (χ4n) is 12.9. The van der Waals surface area contributed by atoms with Crippen molar-refractivity contribution in [1.29, 1.82) is 0 Å². The van der Waals surface area contributed by atoms with Gasteiger partial charge in [0.05, 0.1) is 39.2 Å². The number of phenolic OH excluding ortho intramolecular Hbond substituents is 4. The van der Waals surface area contributed by atoms with Gasteiger partial charge in [0.25, 0.3) is 0 Å². The van der Waals surface area contributed by atoms with Crippen molar-refractivity contribution in [2.45, 2.75) is 124 Å². The summed E-state index contributed by atoms with van der Waals surface area (Å²) in [5.74, 6) is 0.571. The van der Waals surface area contributed by atoms with Crippen LogP contribution >= 0.6 is 47.0 Å². The molecule has 0 spiro atoms. The number of hydrogen-bond donors (Lipinski definition) is 4. The second kappa shape index (κ2) is 32.8. The minimum atomic E-state index is -4.94. The van der Waals surface area contributed by atoms with Gasteiger partial charge in [0.2, 0.25) is 0 Å². The number of rotatable bonds is 4. The lowest BCUT2D eigenvalue weighted by atomic mass is 9.91. The molecule has 4 heterocycles. The minimum Gasteiger partial charge on any atom is -0.507 e. The second-order valence-corrected chi connectivity index (χ2v) is 39.0. The Bertz CT molecular complexity index is 4440. The maximum atomic E-state index is 13.3. The fourth-order valence-corrected chi connectivity index (χ4v) is 28.3. The van der Waals surface area contributed by atoms with Crippen molar-refractivity contribution in [2.24, 2.45) is 0 Å². The highest BCUT2D eigenvalue weighted by Crippen LogP contribution is 2.55. The predicted octanol–water partition coefficient (Wildman–Crippen LogP) is 0.402. The van der Waals surface area contributed by atoms with E-state index in [1.54, 1.807) is 47.0 Å². The first-order valence-corrected chi connectivity index (χ1v) is 44.6. The third-order valence-electron chi connectivity index (χ3n) is 16.9. The molecule has 0 saturated carbocycles. The van der Waals surface area contributed by atoms with Gasteiger partial charge >= 0.3 is 0 Å². The predicted molar refractivity (Wildman–Crippen MR) is 360 cm³/mol. The summed E-state index contributed by atoms with van der Waals surface area (Å²) in [5, 5.41) is 53.2. The lowest BCUT2D eigenvalue weighted by Crippen LogP contribution is -2.68. The molecule has 108 heavy (non-hydrogen) atoms. The summed E-state index contributed by atoms with van der Waals surface area (Å²) >= 11 is 7.19. The van der Waals surface area contributed by atoms with Gasteiger partial charge in [0.1, 0.15) is 66.6 Å². The van der Waals surface area contributed by atoms with E-state index in [1.807, 2.05) is 0 Å². The Kier molecular flexibility index (Phi) is 24.1. The third-order valence-corrected chi connectivity index (χ3v) is 31.7. The monoisotopic (exact) mass is 1680 g/mol. The molecule has 17 rings (SSSR count). The van der Waals surface area contributed by atoms with Gasteiger partial charge in [-0.1, -0.05) is 144 Å². The van der Waals surface area contributed by atoms with Crippen LogP contribution in [0.3, 0.4) is 0 Å². The zero-order chi connectivity index (χ0) is 76.7. The van der Waals surface area contributed by atoms with Crippen molar-refractivity contribution in [3.05, 3.63) is 287 Å². The lowest BCUT2D eigenvalue weighted by molar-refractivity contribution is -2.00. The van der Waals surface area contributed by atoms with Crippen LogP contribution < -0.4 is 74.5 Å². The van der Waals surface area contributed by atoms with E-state index in [-0.39, 0.29) is 48.7 Å². The first-order valence-electron chi connectivity index (χ1n) is 31.5. The first kappa shape index (κ1) is 79.3.